The minimum Gasteiger partial charge on any atom is -0.343 e. The van der Waals surface area contributed by atoms with Crippen molar-refractivity contribution in [3.8, 4) is 0 Å². The van der Waals surface area contributed by atoms with Gasteiger partial charge in [-0.1, -0.05) is 0 Å². The van der Waals surface area contributed by atoms with Crippen LogP contribution in [0.25, 0.3) is 0 Å². The van der Waals surface area contributed by atoms with Gasteiger partial charge in [-0.15, -0.1) is 0 Å². The first-order valence-corrected chi connectivity index (χ1v) is 10.1. The molecule has 5 rings (SSSR count). The number of nitrogens with one attached hydrogen (secondary N) is 1. The second kappa shape index (κ2) is 6.38. The van der Waals surface area contributed by atoms with Gasteiger partial charge in [0, 0.05) is 19.5 Å². The van der Waals surface area contributed by atoms with E-state index in [9.17, 15) is 4.79 Å². The molecule has 0 aromatic rings. The first-order chi connectivity index (χ1) is 11.2. The van der Waals surface area contributed by atoms with Crippen molar-refractivity contribution >= 4 is 5.91 Å². The largest absolute Gasteiger partial charge is 0.343 e. The van der Waals surface area contributed by atoms with E-state index in [1.54, 1.807) is 0 Å². The van der Waals surface area contributed by atoms with Crippen LogP contribution < -0.4 is 5.32 Å². The lowest BCUT2D eigenvalue weighted by atomic mass is 9.49. The van der Waals surface area contributed by atoms with Crippen molar-refractivity contribution in [1.82, 2.24) is 10.2 Å². The summed E-state index contributed by atoms with van der Waals surface area (Å²) in [6.07, 6.45) is 13.1. The summed E-state index contributed by atoms with van der Waals surface area (Å²) < 4.78 is 0. The molecule has 0 atom stereocenters. The molecule has 0 aromatic carbocycles. The Morgan fingerprint density at radius 2 is 1.61 bits per heavy atom. The number of rotatable bonds is 5. The summed E-state index contributed by atoms with van der Waals surface area (Å²) in [6.45, 7) is 3.14. The Kier molecular flexibility index (Phi) is 4.42. The van der Waals surface area contributed by atoms with Gasteiger partial charge < -0.3 is 10.2 Å². The maximum Gasteiger partial charge on any atom is 0.223 e. The first-order valence-electron chi connectivity index (χ1n) is 10.1. The summed E-state index contributed by atoms with van der Waals surface area (Å²) in [5.74, 6) is 4.19. The summed E-state index contributed by atoms with van der Waals surface area (Å²) in [4.78, 5) is 15.1. The molecule has 5 aliphatic rings. The lowest BCUT2D eigenvalue weighted by molar-refractivity contribution is -0.140. The molecule has 0 unspecified atom stereocenters. The fourth-order valence-electron chi connectivity index (χ4n) is 6.76. The molecular formula is C20H34N2O. The predicted octanol–water partition coefficient (Wildman–Crippen LogP) is 3.44. The van der Waals surface area contributed by atoms with Crippen molar-refractivity contribution in [2.24, 2.45) is 29.1 Å². The average Bonchev–Trinajstić information content (AvgIpc) is 2.51. The Morgan fingerprint density at radius 3 is 2.13 bits per heavy atom. The number of amides is 1. The maximum atomic E-state index is 12.9. The maximum absolute atomic E-state index is 12.9. The minimum absolute atomic E-state index is 0.412. The van der Waals surface area contributed by atoms with Crippen LogP contribution >= 0.6 is 0 Å². The third kappa shape index (κ3) is 3.31. The molecule has 1 heterocycles. The van der Waals surface area contributed by atoms with Crippen molar-refractivity contribution < 1.29 is 4.79 Å². The van der Waals surface area contributed by atoms with Crippen molar-refractivity contribution in [3.63, 3.8) is 0 Å². The average molecular weight is 319 g/mol. The Morgan fingerprint density at radius 1 is 1.04 bits per heavy atom. The number of likely N-dealkylation sites (tertiary alicyclic amines) is 1. The zero-order chi connectivity index (χ0) is 15.9. The van der Waals surface area contributed by atoms with Crippen molar-refractivity contribution in [1.29, 1.82) is 0 Å². The van der Waals surface area contributed by atoms with E-state index in [2.05, 4.69) is 10.2 Å². The molecule has 1 aliphatic heterocycles. The molecule has 4 saturated carbocycles. The number of hydrogen-bond donors (Lipinski definition) is 1. The highest BCUT2D eigenvalue weighted by atomic mass is 16.2. The van der Waals surface area contributed by atoms with Crippen molar-refractivity contribution in [3.05, 3.63) is 0 Å². The van der Waals surface area contributed by atoms with Gasteiger partial charge in [-0.05, 0) is 100 Å². The molecule has 1 N–H and O–H groups in total. The molecule has 4 bridgehead atoms. The third-order valence-electron chi connectivity index (χ3n) is 7.46. The van der Waals surface area contributed by atoms with Gasteiger partial charge in [0.05, 0.1) is 0 Å². The summed E-state index contributed by atoms with van der Waals surface area (Å²) in [6, 6.07) is 0. The van der Waals surface area contributed by atoms with Gasteiger partial charge in [0.25, 0.3) is 0 Å². The number of piperidine rings is 1. The Labute approximate surface area is 141 Å². The van der Waals surface area contributed by atoms with E-state index in [-0.39, 0.29) is 0 Å². The van der Waals surface area contributed by atoms with Gasteiger partial charge in [0.2, 0.25) is 5.91 Å². The summed E-state index contributed by atoms with van der Waals surface area (Å²) in [5, 5.41) is 3.25. The Balaban J connectivity index is 1.31. The highest BCUT2D eigenvalue weighted by molar-refractivity contribution is 5.77. The van der Waals surface area contributed by atoms with Gasteiger partial charge in [-0.3, -0.25) is 4.79 Å². The monoisotopic (exact) mass is 318 g/mol. The van der Waals surface area contributed by atoms with Crippen LogP contribution in [-0.2, 0) is 4.79 Å². The molecule has 1 amide bonds. The third-order valence-corrected chi connectivity index (χ3v) is 7.46. The Bertz CT molecular complexity index is 404. The number of carbonyl (C=O) groups is 1. The van der Waals surface area contributed by atoms with Crippen LogP contribution in [0.15, 0.2) is 0 Å². The topological polar surface area (TPSA) is 32.3 Å². The van der Waals surface area contributed by atoms with Gasteiger partial charge in [0.15, 0.2) is 0 Å². The standard InChI is InChI=1S/C20H34N2O/c1-21-5-2-15-3-6-22(7-4-15)19(23)14-20-11-16-8-17(12-20)10-18(9-16)13-20/h15-18,21H,2-14H2,1H3. The molecular weight excluding hydrogens is 284 g/mol. The highest BCUT2D eigenvalue weighted by Gasteiger charge is 2.51. The number of carbonyl (C=O) groups excluding carboxylic acids is 1. The van der Waals surface area contributed by atoms with E-state index in [1.807, 2.05) is 7.05 Å². The molecule has 5 fully saturated rings. The molecule has 130 valence electrons. The number of hydrogen-bond acceptors (Lipinski definition) is 2. The van der Waals surface area contributed by atoms with Gasteiger partial charge in [-0.2, -0.15) is 0 Å². The van der Waals surface area contributed by atoms with Crippen molar-refractivity contribution in [2.75, 3.05) is 26.7 Å². The van der Waals surface area contributed by atoms with Crippen molar-refractivity contribution in [2.45, 2.75) is 64.2 Å². The second-order valence-corrected chi connectivity index (χ2v) is 9.31. The molecule has 0 spiro atoms. The van der Waals surface area contributed by atoms with Crippen LogP contribution in [0.4, 0.5) is 0 Å². The van der Waals surface area contributed by atoms with E-state index in [4.69, 9.17) is 0 Å². The zero-order valence-electron chi connectivity index (χ0n) is 14.9. The summed E-state index contributed by atoms with van der Waals surface area (Å²) >= 11 is 0. The van der Waals surface area contributed by atoms with Crippen LogP contribution in [0.3, 0.4) is 0 Å². The highest BCUT2D eigenvalue weighted by Crippen LogP contribution is 2.61. The molecule has 0 radical (unpaired) electrons. The SMILES string of the molecule is CNCCC1CCN(C(=O)CC23CC4CC(CC(C4)C2)C3)CC1. The van der Waals surface area contributed by atoms with Crippen LogP contribution in [0.5, 0.6) is 0 Å². The van der Waals surface area contributed by atoms with Crippen LogP contribution in [0, 0.1) is 29.1 Å². The van der Waals surface area contributed by atoms with Gasteiger partial charge in [-0.25, -0.2) is 0 Å². The number of nitrogens with zero attached hydrogens (tertiary/aromatic N) is 1. The predicted molar refractivity (Wildman–Crippen MR) is 93.1 cm³/mol. The lowest BCUT2D eigenvalue weighted by Gasteiger charge is -2.57. The van der Waals surface area contributed by atoms with E-state index < -0.39 is 0 Å². The smallest absolute Gasteiger partial charge is 0.223 e. The van der Waals surface area contributed by atoms with Crippen LogP contribution in [0.2, 0.25) is 0 Å². The fraction of sp³-hybridized carbons (Fsp3) is 0.950. The normalized spacial score (nSPS) is 39.9. The molecule has 1 saturated heterocycles. The van der Waals surface area contributed by atoms with Gasteiger partial charge >= 0.3 is 0 Å². The second-order valence-electron chi connectivity index (χ2n) is 9.31. The zero-order valence-corrected chi connectivity index (χ0v) is 14.9. The molecule has 3 nitrogen and oxygen atoms in total. The molecule has 0 aromatic heterocycles. The van der Waals surface area contributed by atoms with Crippen LogP contribution in [0.1, 0.15) is 64.2 Å². The quantitative estimate of drug-likeness (QED) is 0.842. The van der Waals surface area contributed by atoms with E-state index in [0.717, 1.165) is 49.7 Å². The fourth-order valence-corrected chi connectivity index (χ4v) is 6.76. The molecule has 23 heavy (non-hydrogen) atoms. The van der Waals surface area contributed by atoms with E-state index >= 15 is 0 Å². The van der Waals surface area contributed by atoms with E-state index in [0.29, 0.717) is 11.3 Å². The first kappa shape index (κ1) is 15.9. The molecule has 3 heteroatoms. The Hall–Kier alpha value is -0.570. The minimum atomic E-state index is 0.412. The van der Waals surface area contributed by atoms with E-state index in [1.165, 1.54) is 57.8 Å². The summed E-state index contributed by atoms with van der Waals surface area (Å²) in [5.41, 5.74) is 0.412. The van der Waals surface area contributed by atoms with Gasteiger partial charge in [0.1, 0.15) is 0 Å². The molecule has 4 aliphatic carbocycles. The summed E-state index contributed by atoms with van der Waals surface area (Å²) in [7, 11) is 2.03. The lowest BCUT2D eigenvalue weighted by Crippen LogP contribution is -2.49. The van der Waals surface area contributed by atoms with Crippen LogP contribution in [-0.4, -0.2) is 37.5 Å².